The molecule has 1 aromatic heterocycles. The van der Waals surface area contributed by atoms with Gasteiger partial charge in [0.25, 0.3) is 5.89 Å². The molecule has 2 saturated heterocycles. The van der Waals surface area contributed by atoms with Gasteiger partial charge in [0.1, 0.15) is 5.82 Å². The van der Waals surface area contributed by atoms with Crippen molar-refractivity contribution >= 4 is 27.7 Å². The zero-order valence-electron chi connectivity index (χ0n) is 17.1. The number of fused-ring (bicyclic) bond motifs is 2. The fourth-order valence-corrected chi connectivity index (χ4v) is 7.51. The van der Waals surface area contributed by atoms with Crippen LogP contribution in [0.2, 0.25) is 0 Å². The molecule has 0 aliphatic carbocycles. The van der Waals surface area contributed by atoms with Crippen molar-refractivity contribution in [3.63, 3.8) is 0 Å². The fourth-order valence-electron chi connectivity index (χ4n) is 4.06. The second-order valence-electron chi connectivity index (χ2n) is 7.81. The molecule has 5 rings (SSSR count). The van der Waals surface area contributed by atoms with Crippen LogP contribution >= 0.6 is 0 Å². The minimum atomic E-state index is -2.91. The number of aromatic nitrogens is 2. The van der Waals surface area contributed by atoms with Crippen LogP contribution in [-0.4, -0.2) is 46.5 Å². The van der Waals surface area contributed by atoms with E-state index in [2.05, 4.69) is 10.2 Å². The molecule has 7 nitrogen and oxygen atoms in total. The highest BCUT2D eigenvalue weighted by atomic mass is 32.2. The minimum absolute atomic E-state index is 0.00578. The van der Waals surface area contributed by atoms with Crippen LogP contribution in [0.1, 0.15) is 24.3 Å². The van der Waals surface area contributed by atoms with E-state index in [1.165, 1.54) is 12.1 Å². The molecular formula is C21H19F3N4O3S2. The molecule has 2 fully saturated rings. The van der Waals surface area contributed by atoms with Gasteiger partial charge >= 0.3 is 6.43 Å². The second kappa shape index (κ2) is 8.99. The van der Waals surface area contributed by atoms with Crippen molar-refractivity contribution < 1.29 is 26.0 Å². The van der Waals surface area contributed by atoms with Crippen molar-refractivity contribution in [3.05, 3.63) is 65.8 Å². The van der Waals surface area contributed by atoms with Crippen LogP contribution in [-0.2, 0) is 28.5 Å². The molecule has 0 radical (unpaired) electrons. The van der Waals surface area contributed by atoms with E-state index in [-0.39, 0.29) is 34.9 Å². The Balaban J connectivity index is 1.41. The normalized spacial score (nSPS) is 23.3. The van der Waals surface area contributed by atoms with E-state index >= 15 is 4.39 Å². The van der Waals surface area contributed by atoms with Crippen molar-refractivity contribution in [1.82, 2.24) is 14.5 Å². The Kier molecular flexibility index (Phi) is 6.06. The molecule has 0 N–H and O–H groups in total. The molecular weight excluding hydrogens is 477 g/mol. The SMILES string of the molecule is O=S1CC2CC1CN2S(=O)N(Cc1ccc(-c2nnc(C(F)F)o2)cc1F)c1ccccc1. The Labute approximate surface area is 192 Å². The molecule has 3 aromatic rings. The summed E-state index contributed by atoms with van der Waals surface area (Å²) >= 11 is -1.61. The van der Waals surface area contributed by atoms with Crippen LogP contribution in [0.25, 0.3) is 11.5 Å². The van der Waals surface area contributed by atoms with Crippen molar-refractivity contribution in [1.29, 1.82) is 0 Å². The second-order valence-corrected chi connectivity index (χ2v) is 10.9. The van der Waals surface area contributed by atoms with Crippen molar-refractivity contribution in [3.8, 4) is 11.5 Å². The average Bonchev–Trinajstić information content (AvgIpc) is 3.54. The van der Waals surface area contributed by atoms with Crippen molar-refractivity contribution in [2.45, 2.75) is 30.7 Å². The number of rotatable bonds is 7. The Morgan fingerprint density at radius 1 is 1.21 bits per heavy atom. The number of para-hydroxylation sites is 1. The maximum Gasteiger partial charge on any atom is 0.314 e. The maximum atomic E-state index is 15.0. The molecule has 33 heavy (non-hydrogen) atoms. The van der Waals surface area contributed by atoms with E-state index in [0.717, 1.165) is 12.5 Å². The third-order valence-electron chi connectivity index (χ3n) is 5.73. The van der Waals surface area contributed by atoms with Gasteiger partial charge in [-0.15, -0.1) is 10.2 Å². The van der Waals surface area contributed by atoms with E-state index in [9.17, 15) is 17.2 Å². The number of benzene rings is 2. The monoisotopic (exact) mass is 496 g/mol. The molecule has 4 unspecified atom stereocenters. The largest absolute Gasteiger partial charge is 0.415 e. The lowest BCUT2D eigenvalue weighted by Gasteiger charge is -2.32. The standard InChI is InChI=1S/C21H19F3N4O3S2/c22-18-8-13(20-25-26-21(31-20)19(23)24)6-7-14(18)10-27(15-4-2-1-3-5-15)33(30)28-11-17-9-16(28)12-32(17)29/h1-8,16-17,19H,9-12H2. The number of hydrogen-bond acceptors (Lipinski definition) is 5. The molecule has 2 aliphatic rings. The zero-order valence-corrected chi connectivity index (χ0v) is 18.8. The number of hydrogen-bond donors (Lipinski definition) is 0. The van der Waals surface area contributed by atoms with Gasteiger partial charge < -0.3 is 4.42 Å². The van der Waals surface area contributed by atoms with E-state index in [4.69, 9.17) is 4.42 Å². The zero-order chi connectivity index (χ0) is 23.1. The third kappa shape index (κ3) is 4.34. The summed E-state index contributed by atoms with van der Waals surface area (Å²) in [4.78, 5) is 0. The summed E-state index contributed by atoms with van der Waals surface area (Å²) in [6.07, 6.45) is -2.17. The summed E-state index contributed by atoms with van der Waals surface area (Å²) in [5.74, 6) is -1.17. The predicted molar refractivity (Wildman–Crippen MR) is 117 cm³/mol. The van der Waals surface area contributed by atoms with Gasteiger partial charge in [-0.3, -0.25) is 8.51 Å². The summed E-state index contributed by atoms with van der Waals surface area (Å²) in [7, 11) is -0.891. The lowest BCUT2D eigenvalue weighted by atomic mass is 10.1. The molecule has 2 aliphatic heterocycles. The number of halogens is 3. The molecule has 174 valence electrons. The first kappa shape index (κ1) is 22.2. The van der Waals surface area contributed by atoms with Crippen LogP contribution in [0.15, 0.2) is 52.9 Å². The highest BCUT2D eigenvalue weighted by Crippen LogP contribution is 2.34. The van der Waals surface area contributed by atoms with Gasteiger partial charge in [-0.05, 0) is 30.7 Å². The van der Waals surface area contributed by atoms with Crippen LogP contribution in [0.5, 0.6) is 0 Å². The van der Waals surface area contributed by atoms with Gasteiger partial charge in [0.05, 0.1) is 17.5 Å². The Morgan fingerprint density at radius 3 is 2.61 bits per heavy atom. The molecule has 12 heteroatoms. The highest BCUT2D eigenvalue weighted by molar-refractivity contribution is 7.87. The predicted octanol–water partition coefficient (Wildman–Crippen LogP) is 3.60. The molecule has 4 atom stereocenters. The van der Waals surface area contributed by atoms with Gasteiger partial charge in [-0.25, -0.2) is 12.9 Å². The third-order valence-corrected chi connectivity index (χ3v) is 9.09. The smallest absolute Gasteiger partial charge is 0.314 e. The minimum Gasteiger partial charge on any atom is -0.415 e. The Hall–Kier alpha value is -2.57. The molecule has 0 spiro atoms. The van der Waals surface area contributed by atoms with E-state index < -0.39 is 40.1 Å². The van der Waals surface area contributed by atoms with E-state index in [1.54, 1.807) is 28.6 Å². The van der Waals surface area contributed by atoms with Gasteiger partial charge in [-0.1, -0.05) is 24.3 Å². The molecule has 2 aromatic carbocycles. The number of anilines is 1. The molecule has 0 saturated carbocycles. The van der Waals surface area contributed by atoms with Crippen LogP contribution in [0.4, 0.5) is 18.9 Å². The number of alkyl halides is 2. The Morgan fingerprint density at radius 2 is 2.00 bits per heavy atom. The summed E-state index contributed by atoms with van der Waals surface area (Å²) in [6.45, 7) is 0.476. The average molecular weight is 497 g/mol. The summed E-state index contributed by atoms with van der Waals surface area (Å²) < 4.78 is 74.3. The molecule has 2 bridgehead atoms. The number of nitrogens with zero attached hydrogens (tertiary/aromatic N) is 4. The van der Waals surface area contributed by atoms with Gasteiger partial charge in [0, 0.05) is 40.3 Å². The first-order chi connectivity index (χ1) is 15.9. The summed E-state index contributed by atoms with van der Waals surface area (Å²) in [5.41, 5.74) is 1.08. The van der Waals surface area contributed by atoms with Gasteiger partial charge in [0.2, 0.25) is 5.89 Å². The van der Waals surface area contributed by atoms with Crippen LogP contribution in [0, 0.1) is 5.82 Å². The topological polar surface area (TPSA) is 79.5 Å². The fraction of sp³-hybridized carbons (Fsp3) is 0.333. The first-order valence-electron chi connectivity index (χ1n) is 10.2. The Bertz CT molecular complexity index is 1210. The molecule has 3 heterocycles. The van der Waals surface area contributed by atoms with E-state index in [1.807, 2.05) is 10.4 Å². The van der Waals surface area contributed by atoms with E-state index in [0.29, 0.717) is 18.0 Å². The summed E-state index contributed by atoms with van der Waals surface area (Å²) in [6, 6.07) is 13.1. The lowest BCUT2D eigenvalue weighted by Crippen LogP contribution is -2.45. The maximum absolute atomic E-state index is 15.0. The highest BCUT2D eigenvalue weighted by Gasteiger charge is 2.46. The lowest BCUT2D eigenvalue weighted by molar-refractivity contribution is 0.116. The van der Waals surface area contributed by atoms with Gasteiger partial charge in [-0.2, -0.15) is 8.78 Å². The quantitative estimate of drug-likeness (QED) is 0.500. The molecule has 0 amide bonds. The van der Waals surface area contributed by atoms with Gasteiger partial charge in [0.15, 0.2) is 11.2 Å². The van der Waals surface area contributed by atoms with Crippen LogP contribution in [0.3, 0.4) is 0 Å². The van der Waals surface area contributed by atoms with Crippen molar-refractivity contribution in [2.75, 3.05) is 16.6 Å². The first-order valence-corrected chi connectivity index (χ1v) is 12.6. The summed E-state index contributed by atoms with van der Waals surface area (Å²) in [5, 5.41) is 6.81. The van der Waals surface area contributed by atoms with Crippen molar-refractivity contribution in [2.24, 2.45) is 0 Å². The van der Waals surface area contributed by atoms with Crippen LogP contribution < -0.4 is 4.31 Å².